The maximum Gasteiger partial charge on any atom is 0.130 e. The van der Waals surface area contributed by atoms with Crippen LogP contribution < -0.4 is 10.6 Å². The summed E-state index contributed by atoms with van der Waals surface area (Å²) in [6.45, 7) is 4.62. The first-order chi connectivity index (χ1) is 10.7. The Morgan fingerprint density at radius 3 is 2.82 bits per heavy atom. The molecule has 1 fully saturated rings. The molecule has 0 bridgehead atoms. The van der Waals surface area contributed by atoms with E-state index in [1.54, 1.807) is 12.1 Å². The molecule has 0 spiro atoms. The lowest BCUT2D eigenvalue weighted by molar-refractivity contribution is 0.453. The molecular weight excluding hydrogens is 279 g/mol. The molecule has 4 nitrogen and oxygen atoms in total. The van der Waals surface area contributed by atoms with Crippen molar-refractivity contribution in [3.05, 3.63) is 53.2 Å². The first-order valence-corrected chi connectivity index (χ1v) is 7.75. The van der Waals surface area contributed by atoms with Crippen LogP contribution in [0.25, 0.3) is 0 Å². The molecule has 1 aliphatic rings. The summed E-state index contributed by atoms with van der Waals surface area (Å²) in [7, 11) is 0. The SMILES string of the molecule is Cc1nc(NCc2ccc(F)cc2)cc(C2CCCNC2)n1. The van der Waals surface area contributed by atoms with Crippen LogP contribution in [0.5, 0.6) is 0 Å². The Morgan fingerprint density at radius 2 is 2.09 bits per heavy atom. The van der Waals surface area contributed by atoms with Crippen molar-refractivity contribution in [3.63, 3.8) is 0 Å². The van der Waals surface area contributed by atoms with Crippen LogP contribution >= 0.6 is 0 Å². The van der Waals surface area contributed by atoms with Gasteiger partial charge in [-0.25, -0.2) is 14.4 Å². The fourth-order valence-electron chi connectivity index (χ4n) is 2.79. The lowest BCUT2D eigenvalue weighted by atomic mass is 9.96. The summed E-state index contributed by atoms with van der Waals surface area (Å²) in [4.78, 5) is 9.03. The smallest absolute Gasteiger partial charge is 0.130 e. The van der Waals surface area contributed by atoms with Crippen LogP contribution in [0.1, 0.15) is 35.8 Å². The molecule has 22 heavy (non-hydrogen) atoms. The Kier molecular flexibility index (Phi) is 4.63. The molecule has 2 heterocycles. The molecule has 3 rings (SSSR count). The van der Waals surface area contributed by atoms with E-state index in [9.17, 15) is 4.39 Å². The van der Waals surface area contributed by atoms with Gasteiger partial charge in [0.15, 0.2) is 0 Å². The fourth-order valence-corrected chi connectivity index (χ4v) is 2.79. The van der Waals surface area contributed by atoms with E-state index in [2.05, 4.69) is 20.6 Å². The number of halogens is 1. The van der Waals surface area contributed by atoms with Gasteiger partial charge in [0.2, 0.25) is 0 Å². The second-order valence-corrected chi connectivity index (χ2v) is 5.75. The van der Waals surface area contributed by atoms with Crippen LogP contribution in [0.2, 0.25) is 0 Å². The van der Waals surface area contributed by atoms with Gasteiger partial charge in [-0.2, -0.15) is 0 Å². The number of nitrogens with one attached hydrogen (secondary N) is 2. The van der Waals surface area contributed by atoms with Crippen LogP contribution in [-0.4, -0.2) is 23.1 Å². The Bertz CT molecular complexity index is 621. The third-order valence-electron chi connectivity index (χ3n) is 3.96. The van der Waals surface area contributed by atoms with Gasteiger partial charge in [-0.05, 0) is 44.0 Å². The molecule has 2 N–H and O–H groups in total. The molecule has 0 saturated carbocycles. The van der Waals surface area contributed by atoms with Crippen molar-refractivity contribution in [3.8, 4) is 0 Å². The van der Waals surface area contributed by atoms with Crippen molar-refractivity contribution >= 4 is 5.82 Å². The maximum atomic E-state index is 12.9. The lowest BCUT2D eigenvalue weighted by Gasteiger charge is -2.22. The van der Waals surface area contributed by atoms with E-state index in [4.69, 9.17) is 0 Å². The van der Waals surface area contributed by atoms with Gasteiger partial charge in [0.25, 0.3) is 0 Å². The Hall–Kier alpha value is -2.01. The topological polar surface area (TPSA) is 49.8 Å². The van der Waals surface area contributed by atoms with Crippen molar-refractivity contribution in [2.24, 2.45) is 0 Å². The quantitative estimate of drug-likeness (QED) is 0.911. The first-order valence-electron chi connectivity index (χ1n) is 7.75. The summed E-state index contributed by atoms with van der Waals surface area (Å²) in [5.41, 5.74) is 2.12. The molecule has 0 aliphatic carbocycles. The van der Waals surface area contributed by atoms with E-state index in [0.29, 0.717) is 12.5 Å². The number of hydrogen-bond donors (Lipinski definition) is 2. The highest BCUT2D eigenvalue weighted by Crippen LogP contribution is 2.23. The van der Waals surface area contributed by atoms with Gasteiger partial charge in [0.1, 0.15) is 17.5 Å². The van der Waals surface area contributed by atoms with Gasteiger partial charge in [0, 0.05) is 25.1 Å². The van der Waals surface area contributed by atoms with Gasteiger partial charge >= 0.3 is 0 Å². The molecular formula is C17H21FN4. The fraction of sp³-hybridized carbons (Fsp3) is 0.412. The van der Waals surface area contributed by atoms with Crippen LogP contribution in [0.3, 0.4) is 0 Å². The zero-order chi connectivity index (χ0) is 15.4. The molecule has 1 unspecified atom stereocenters. The van der Waals surface area contributed by atoms with E-state index in [1.165, 1.54) is 25.0 Å². The molecule has 1 atom stereocenters. The minimum atomic E-state index is -0.214. The number of piperidine rings is 1. The van der Waals surface area contributed by atoms with Crippen LogP contribution in [0.15, 0.2) is 30.3 Å². The number of aryl methyl sites for hydroxylation is 1. The lowest BCUT2D eigenvalue weighted by Crippen LogP contribution is -2.29. The summed E-state index contributed by atoms with van der Waals surface area (Å²) in [6, 6.07) is 8.54. The maximum absolute atomic E-state index is 12.9. The molecule has 1 aliphatic heterocycles. The van der Waals surface area contributed by atoms with E-state index in [1.807, 2.05) is 13.0 Å². The minimum absolute atomic E-state index is 0.214. The second kappa shape index (κ2) is 6.83. The Morgan fingerprint density at radius 1 is 1.27 bits per heavy atom. The standard InChI is InChI=1S/C17H21FN4/c1-12-21-16(14-3-2-8-19-11-14)9-17(22-12)20-10-13-4-6-15(18)7-5-13/h4-7,9,14,19H,2-3,8,10-11H2,1H3,(H,20,21,22). The summed E-state index contributed by atoms with van der Waals surface area (Å²) < 4.78 is 12.9. The number of benzene rings is 1. The minimum Gasteiger partial charge on any atom is -0.366 e. The Labute approximate surface area is 130 Å². The molecule has 116 valence electrons. The number of nitrogens with zero attached hydrogens (tertiary/aromatic N) is 2. The predicted molar refractivity (Wildman–Crippen MR) is 85.3 cm³/mol. The zero-order valence-corrected chi connectivity index (χ0v) is 12.8. The van der Waals surface area contributed by atoms with Gasteiger partial charge in [-0.15, -0.1) is 0 Å². The van der Waals surface area contributed by atoms with Crippen molar-refractivity contribution in [1.82, 2.24) is 15.3 Å². The molecule has 1 aromatic heterocycles. The van der Waals surface area contributed by atoms with Gasteiger partial charge in [0.05, 0.1) is 5.69 Å². The molecule has 0 amide bonds. The summed E-state index contributed by atoms with van der Waals surface area (Å²) in [6.07, 6.45) is 2.35. The van der Waals surface area contributed by atoms with Crippen LogP contribution in [-0.2, 0) is 6.54 Å². The van der Waals surface area contributed by atoms with Crippen molar-refractivity contribution in [2.75, 3.05) is 18.4 Å². The normalized spacial score (nSPS) is 18.2. The summed E-state index contributed by atoms with van der Waals surface area (Å²) in [5, 5.41) is 6.73. The van der Waals surface area contributed by atoms with E-state index < -0.39 is 0 Å². The number of hydrogen-bond acceptors (Lipinski definition) is 4. The van der Waals surface area contributed by atoms with Crippen LogP contribution in [0.4, 0.5) is 10.2 Å². The van der Waals surface area contributed by atoms with Gasteiger partial charge in [-0.3, -0.25) is 0 Å². The largest absolute Gasteiger partial charge is 0.366 e. The van der Waals surface area contributed by atoms with Crippen LogP contribution in [0, 0.1) is 12.7 Å². The number of anilines is 1. The zero-order valence-electron chi connectivity index (χ0n) is 12.8. The van der Waals surface area contributed by atoms with Crippen molar-refractivity contribution in [1.29, 1.82) is 0 Å². The third-order valence-corrected chi connectivity index (χ3v) is 3.96. The highest BCUT2D eigenvalue weighted by molar-refractivity contribution is 5.38. The molecule has 2 aromatic rings. The molecule has 0 radical (unpaired) electrons. The van der Waals surface area contributed by atoms with E-state index >= 15 is 0 Å². The third kappa shape index (κ3) is 3.80. The second-order valence-electron chi connectivity index (χ2n) is 5.75. The number of rotatable bonds is 4. The first kappa shape index (κ1) is 14.9. The highest BCUT2D eigenvalue weighted by Gasteiger charge is 2.17. The monoisotopic (exact) mass is 300 g/mol. The van der Waals surface area contributed by atoms with Gasteiger partial charge < -0.3 is 10.6 Å². The van der Waals surface area contributed by atoms with E-state index in [-0.39, 0.29) is 5.82 Å². The average Bonchev–Trinajstić information content (AvgIpc) is 2.55. The average molecular weight is 300 g/mol. The van der Waals surface area contributed by atoms with Gasteiger partial charge in [-0.1, -0.05) is 12.1 Å². The highest BCUT2D eigenvalue weighted by atomic mass is 19.1. The Balaban J connectivity index is 1.70. The molecule has 1 saturated heterocycles. The van der Waals surface area contributed by atoms with E-state index in [0.717, 1.165) is 36.0 Å². The number of aromatic nitrogens is 2. The summed E-state index contributed by atoms with van der Waals surface area (Å²) >= 11 is 0. The predicted octanol–water partition coefficient (Wildman–Crippen LogP) is 3.00. The van der Waals surface area contributed by atoms with Crippen molar-refractivity contribution in [2.45, 2.75) is 32.2 Å². The van der Waals surface area contributed by atoms with Crippen molar-refractivity contribution < 1.29 is 4.39 Å². The molecule has 1 aromatic carbocycles. The summed E-state index contributed by atoms with van der Waals surface area (Å²) in [5.74, 6) is 1.86. The molecule has 5 heteroatoms.